The highest BCUT2D eigenvalue weighted by Crippen LogP contribution is 2.39. The van der Waals surface area contributed by atoms with Crippen LogP contribution in [0.25, 0.3) is 11.2 Å². The molecule has 1 aliphatic rings. The summed E-state index contributed by atoms with van der Waals surface area (Å²) in [6, 6.07) is 0. The number of aromatic amines is 1. The average molecular weight is 297 g/mol. The molecule has 1 aliphatic heterocycles. The lowest BCUT2D eigenvalue weighted by Crippen LogP contribution is -2.44. The SMILES string of the molecule is CC1(O)C(O)[C@@H](CO)OC1n1cnc2c(N)[nH]c(=O)nc21. The van der Waals surface area contributed by atoms with E-state index >= 15 is 0 Å². The van der Waals surface area contributed by atoms with Crippen molar-refractivity contribution in [3.63, 3.8) is 0 Å². The topological polar surface area (TPSA) is 160 Å². The minimum atomic E-state index is -1.69. The first-order chi connectivity index (χ1) is 9.86. The van der Waals surface area contributed by atoms with E-state index in [2.05, 4.69) is 15.0 Å². The van der Waals surface area contributed by atoms with Crippen molar-refractivity contribution in [2.24, 2.45) is 0 Å². The molecule has 0 spiro atoms. The molecule has 10 nitrogen and oxygen atoms in total. The van der Waals surface area contributed by atoms with Crippen LogP contribution in [0.15, 0.2) is 11.1 Å². The first-order valence-electron chi connectivity index (χ1n) is 6.25. The van der Waals surface area contributed by atoms with E-state index in [4.69, 9.17) is 10.5 Å². The van der Waals surface area contributed by atoms with E-state index in [-0.39, 0.29) is 17.0 Å². The van der Waals surface area contributed by atoms with Crippen molar-refractivity contribution in [1.82, 2.24) is 19.5 Å². The standard InChI is InChI=1S/C11H15N5O5/c1-11(20)6(18)4(2-17)21-9(11)16-3-13-5-7(12)14-10(19)15-8(5)16/h3-4,6,9,17-18,20H,2H2,1H3,(H3,12,14,15,19)/t4-,6?,9?,11?/m1/s1. The van der Waals surface area contributed by atoms with Gasteiger partial charge in [-0.2, -0.15) is 4.98 Å². The van der Waals surface area contributed by atoms with Gasteiger partial charge < -0.3 is 25.8 Å². The Morgan fingerprint density at radius 2 is 2.33 bits per heavy atom. The molecule has 0 bridgehead atoms. The van der Waals surface area contributed by atoms with E-state index in [1.165, 1.54) is 17.8 Å². The van der Waals surface area contributed by atoms with Crippen LogP contribution in [0.1, 0.15) is 13.2 Å². The van der Waals surface area contributed by atoms with Gasteiger partial charge in [-0.05, 0) is 6.92 Å². The van der Waals surface area contributed by atoms with E-state index in [1.807, 2.05) is 0 Å². The highest BCUT2D eigenvalue weighted by Gasteiger charge is 2.53. The summed E-state index contributed by atoms with van der Waals surface area (Å²) in [6.45, 7) is 0.900. The predicted molar refractivity (Wildman–Crippen MR) is 70.2 cm³/mol. The second-order valence-corrected chi connectivity index (χ2v) is 5.16. The third-order valence-electron chi connectivity index (χ3n) is 3.66. The van der Waals surface area contributed by atoms with Gasteiger partial charge >= 0.3 is 5.69 Å². The van der Waals surface area contributed by atoms with Crippen LogP contribution in [-0.4, -0.2) is 59.3 Å². The van der Waals surface area contributed by atoms with Crippen LogP contribution in [0, 0.1) is 0 Å². The van der Waals surface area contributed by atoms with Crippen molar-refractivity contribution in [2.45, 2.75) is 31.0 Å². The number of hydrogen-bond acceptors (Lipinski definition) is 8. The van der Waals surface area contributed by atoms with Gasteiger partial charge in [-0.15, -0.1) is 0 Å². The summed E-state index contributed by atoms with van der Waals surface area (Å²) < 4.78 is 6.76. The zero-order valence-corrected chi connectivity index (χ0v) is 11.1. The van der Waals surface area contributed by atoms with Crippen LogP contribution >= 0.6 is 0 Å². The molecule has 2 aromatic rings. The number of hydrogen-bond donors (Lipinski definition) is 5. The Bertz CT molecular complexity index is 738. The third-order valence-corrected chi connectivity index (χ3v) is 3.66. The van der Waals surface area contributed by atoms with Crippen LogP contribution in [0.2, 0.25) is 0 Å². The molecular weight excluding hydrogens is 282 g/mol. The molecule has 10 heteroatoms. The largest absolute Gasteiger partial charge is 0.394 e. The molecule has 0 saturated carbocycles. The molecular formula is C11H15N5O5. The van der Waals surface area contributed by atoms with E-state index in [9.17, 15) is 20.1 Å². The molecule has 4 atom stereocenters. The number of anilines is 1. The van der Waals surface area contributed by atoms with Gasteiger partial charge in [0.05, 0.1) is 12.9 Å². The summed E-state index contributed by atoms with van der Waals surface area (Å²) in [5.41, 5.74) is 3.66. The summed E-state index contributed by atoms with van der Waals surface area (Å²) in [6.07, 6.45) is -2.03. The number of ether oxygens (including phenoxy) is 1. The molecule has 3 unspecified atom stereocenters. The summed E-state index contributed by atoms with van der Waals surface area (Å²) in [5, 5.41) is 29.6. The normalized spacial score (nSPS) is 32.9. The molecule has 21 heavy (non-hydrogen) atoms. The minimum absolute atomic E-state index is 0.0423. The Labute approximate surface area is 117 Å². The van der Waals surface area contributed by atoms with Crippen LogP contribution in [0.4, 0.5) is 5.82 Å². The van der Waals surface area contributed by atoms with Crippen molar-refractivity contribution >= 4 is 17.0 Å². The summed E-state index contributed by atoms with van der Waals surface area (Å²) in [5.74, 6) is 0.0423. The number of aromatic nitrogens is 4. The van der Waals surface area contributed by atoms with Crippen molar-refractivity contribution < 1.29 is 20.1 Å². The number of aliphatic hydroxyl groups excluding tert-OH is 2. The number of fused-ring (bicyclic) bond motifs is 1. The fraction of sp³-hybridized carbons (Fsp3) is 0.545. The second kappa shape index (κ2) is 4.49. The van der Waals surface area contributed by atoms with Gasteiger partial charge in [-0.3, -0.25) is 9.55 Å². The van der Waals surface area contributed by atoms with Gasteiger partial charge in [-0.1, -0.05) is 0 Å². The Hall–Kier alpha value is -2.01. The fourth-order valence-electron chi connectivity index (χ4n) is 2.52. The smallest absolute Gasteiger partial charge is 0.348 e. The number of nitrogen functional groups attached to an aromatic ring is 1. The van der Waals surface area contributed by atoms with E-state index in [0.717, 1.165) is 0 Å². The quantitative estimate of drug-likeness (QED) is 0.414. The molecule has 6 N–H and O–H groups in total. The molecule has 1 saturated heterocycles. The summed E-state index contributed by atoms with van der Waals surface area (Å²) in [7, 11) is 0. The third kappa shape index (κ3) is 1.92. The molecule has 3 heterocycles. The number of rotatable bonds is 2. The number of aliphatic hydroxyl groups is 3. The van der Waals surface area contributed by atoms with Gasteiger partial charge in [0, 0.05) is 0 Å². The van der Waals surface area contributed by atoms with Gasteiger partial charge in [0.25, 0.3) is 0 Å². The number of nitrogens with zero attached hydrogens (tertiary/aromatic N) is 3. The zero-order valence-electron chi connectivity index (χ0n) is 11.1. The lowest BCUT2D eigenvalue weighted by molar-refractivity contribution is -0.0950. The van der Waals surface area contributed by atoms with Crippen LogP contribution in [0.5, 0.6) is 0 Å². The maximum absolute atomic E-state index is 11.4. The molecule has 114 valence electrons. The Morgan fingerprint density at radius 3 is 2.95 bits per heavy atom. The Morgan fingerprint density at radius 1 is 1.62 bits per heavy atom. The van der Waals surface area contributed by atoms with Crippen LogP contribution in [0.3, 0.4) is 0 Å². The molecule has 3 rings (SSSR count). The number of H-pyrrole nitrogens is 1. The summed E-state index contributed by atoms with van der Waals surface area (Å²) in [4.78, 5) is 21.5. The van der Waals surface area contributed by atoms with E-state index < -0.39 is 36.3 Å². The van der Waals surface area contributed by atoms with Crippen molar-refractivity contribution in [1.29, 1.82) is 0 Å². The van der Waals surface area contributed by atoms with Gasteiger partial charge in [0.15, 0.2) is 11.9 Å². The molecule has 0 aliphatic carbocycles. The van der Waals surface area contributed by atoms with Crippen LogP contribution in [-0.2, 0) is 4.74 Å². The number of nitrogens with one attached hydrogen (secondary N) is 1. The van der Waals surface area contributed by atoms with E-state index in [1.54, 1.807) is 0 Å². The molecule has 0 aromatic carbocycles. The zero-order chi connectivity index (χ0) is 15.4. The number of imidazole rings is 1. The highest BCUT2D eigenvalue weighted by atomic mass is 16.6. The van der Waals surface area contributed by atoms with Crippen molar-refractivity contribution in [3.05, 3.63) is 16.8 Å². The van der Waals surface area contributed by atoms with Crippen molar-refractivity contribution in [2.75, 3.05) is 12.3 Å². The molecule has 0 amide bonds. The van der Waals surface area contributed by atoms with Gasteiger partial charge in [0.1, 0.15) is 29.1 Å². The van der Waals surface area contributed by atoms with Gasteiger partial charge in [-0.25, -0.2) is 9.78 Å². The minimum Gasteiger partial charge on any atom is -0.394 e. The summed E-state index contributed by atoms with van der Waals surface area (Å²) >= 11 is 0. The average Bonchev–Trinajstić information content (AvgIpc) is 2.91. The molecule has 1 fully saturated rings. The second-order valence-electron chi connectivity index (χ2n) is 5.16. The van der Waals surface area contributed by atoms with E-state index in [0.29, 0.717) is 0 Å². The lowest BCUT2D eigenvalue weighted by Gasteiger charge is -2.27. The fourth-order valence-corrected chi connectivity index (χ4v) is 2.52. The predicted octanol–water partition coefficient (Wildman–Crippen LogP) is -2.30. The maximum Gasteiger partial charge on any atom is 0.348 e. The monoisotopic (exact) mass is 297 g/mol. The Balaban J connectivity index is 2.15. The number of nitrogens with two attached hydrogens (primary N) is 1. The lowest BCUT2D eigenvalue weighted by atomic mass is 9.96. The van der Waals surface area contributed by atoms with Gasteiger partial charge in [0.2, 0.25) is 0 Å². The molecule has 0 radical (unpaired) electrons. The highest BCUT2D eigenvalue weighted by molar-refractivity contribution is 5.81. The van der Waals surface area contributed by atoms with Crippen LogP contribution < -0.4 is 11.4 Å². The molecule has 2 aromatic heterocycles. The first-order valence-corrected chi connectivity index (χ1v) is 6.25. The first kappa shape index (κ1) is 13.9. The van der Waals surface area contributed by atoms with Crippen molar-refractivity contribution in [3.8, 4) is 0 Å². The Kier molecular flexibility index (Phi) is 2.99. The maximum atomic E-state index is 11.4.